The summed E-state index contributed by atoms with van der Waals surface area (Å²) in [6.07, 6.45) is 0. The zero-order valence-corrected chi connectivity index (χ0v) is 14.6. The minimum Gasteiger partial charge on any atom is -0.351 e. The van der Waals surface area contributed by atoms with E-state index in [1.165, 1.54) is 18.3 Å². The van der Waals surface area contributed by atoms with Crippen molar-refractivity contribution in [3.8, 4) is 10.6 Å². The van der Waals surface area contributed by atoms with Gasteiger partial charge < -0.3 is 9.84 Å². The van der Waals surface area contributed by atoms with Crippen molar-refractivity contribution in [3.63, 3.8) is 0 Å². The van der Waals surface area contributed by atoms with Crippen molar-refractivity contribution in [1.82, 2.24) is 15.5 Å². The summed E-state index contributed by atoms with van der Waals surface area (Å²) in [5.74, 6) is -0.293. The number of carbonyl (C=O) groups is 2. The molecule has 3 aromatic rings. The molecular formula is C15H14N4O3S2. The standard InChI is InChI=1S/C15H14N4O3S2/c1-8-5-12(22-19-8)14(21)18-15-17-11(7-23-15)13-4-3-10(24-13)6-16-9(2)20/h3-5,7H,6H2,1-2H3,(H,16,20)(H,17,18,21). The van der Waals surface area contributed by atoms with Crippen LogP contribution >= 0.6 is 22.7 Å². The van der Waals surface area contributed by atoms with Crippen molar-refractivity contribution in [1.29, 1.82) is 0 Å². The summed E-state index contributed by atoms with van der Waals surface area (Å²) in [5, 5.41) is 11.5. The number of anilines is 1. The highest BCUT2D eigenvalue weighted by molar-refractivity contribution is 7.17. The van der Waals surface area contributed by atoms with E-state index < -0.39 is 0 Å². The molecule has 2 amide bonds. The number of thiazole rings is 1. The third kappa shape index (κ3) is 3.87. The first kappa shape index (κ1) is 16.3. The van der Waals surface area contributed by atoms with Crippen LogP contribution < -0.4 is 10.6 Å². The van der Waals surface area contributed by atoms with Gasteiger partial charge in [0.05, 0.1) is 22.8 Å². The molecule has 0 saturated carbocycles. The molecule has 0 aliphatic heterocycles. The number of aryl methyl sites for hydroxylation is 1. The van der Waals surface area contributed by atoms with Gasteiger partial charge in [0.15, 0.2) is 5.13 Å². The number of rotatable bonds is 5. The van der Waals surface area contributed by atoms with Crippen molar-refractivity contribution < 1.29 is 14.1 Å². The molecule has 0 saturated heterocycles. The lowest BCUT2D eigenvalue weighted by molar-refractivity contribution is -0.119. The average Bonchev–Trinajstić information content (AvgIpc) is 3.24. The van der Waals surface area contributed by atoms with Crippen LogP contribution in [0, 0.1) is 6.92 Å². The van der Waals surface area contributed by atoms with Gasteiger partial charge in [0.25, 0.3) is 5.91 Å². The smallest absolute Gasteiger partial charge is 0.296 e. The highest BCUT2D eigenvalue weighted by Crippen LogP contribution is 2.31. The molecule has 124 valence electrons. The van der Waals surface area contributed by atoms with Crippen LogP contribution in [0.25, 0.3) is 10.6 Å². The van der Waals surface area contributed by atoms with Gasteiger partial charge in [-0.15, -0.1) is 22.7 Å². The molecule has 0 aliphatic rings. The number of hydrogen-bond acceptors (Lipinski definition) is 7. The average molecular weight is 362 g/mol. The predicted octanol–water partition coefficient (Wildman–Crippen LogP) is 3.06. The van der Waals surface area contributed by atoms with E-state index >= 15 is 0 Å². The van der Waals surface area contributed by atoms with Gasteiger partial charge in [-0.25, -0.2) is 4.98 Å². The van der Waals surface area contributed by atoms with E-state index in [-0.39, 0.29) is 17.6 Å². The van der Waals surface area contributed by atoms with Crippen LogP contribution in [0.5, 0.6) is 0 Å². The van der Waals surface area contributed by atoms with Crippen molar-refractivity contribution >= 4 is 39.6 Å². The molecule has 3 heterocycles. The first-order valence-electron chi connectivity index (χ1n) is 7.05. The minimum absolute atomic E-state index is 0.0636. The Morgan fingerprint density at radius 3 is 2.88 bits per heavy atom. The Kier molecular flexibility index (Phi) is 4.72. The lowest BCUT2D eigenvalue weighted by Gasteiger charge is -1.97. The highest BCUT2D eigenvalue weighted by Gasteiger charge is 2.14. The second-order valence-electron chi connectivity index (χ2n) is 5.00. The number of amides is 2. The molecule has 3 rings (SSSR count). The maximum Gasteiger partial charge on any atom is 0.296 e. The maximum atomic E-state index is 12.0. The Morgan fingerprint density at radius 2 is 2.17 bits per heavy atom. The number of thiophene rings is 1. The molecule has 0 spiro atoms. The summed E-state index contributed by atoms with van der Waals surface area (Å²) in [7, 11) is 0. The van der Waals surface area contributed by atoms with Crippen LogP contribution in [-0.2, 0) is 11.3 Å². The van der Waals surface area contributed by atoms with Gasteiger partial charge in [-0.05, 0) is 19.1 Å². The molecule has 0 fully saturated rings. The van der Waals surface area contributed by atoms with Crippen molar-refractivity contribution in [2.24, 2.45) is 0 Å². The van der Waals surface area contributed by atoms with Crippen molar-refractivity contribution in [2.45, 2.75) is 20.4 Å². The van der Waals surface area contributed by atoms with Crippen molar-refractivity contribution in [2.75, 3.05) is 5.32 Å². The van der Waals surface area contributed by atoms with Gasteiger partial charge >= 0.3 is 0 Å². The maximum absolute atomic E-state index is 12.0. The summed E-state index contributed by atoms with van der Waals surface area (Å²) in [4.78, 5) is 29.4. The predicted molar refractivity (Wildman–Crippen MR) is 92.1 cm³/mol. The van der Waals surface area contributed by atoms with E-state index in [2.05, 4.69) is 20.8 Å². The summed E-state index contributed by atoms with van der Waals surface area (Å²) in [5.41, 5.74) is 1.42. The van der Waals surface area contributed by atoms with Gasteiger partial charge in [0, 0.05) is 23.2 Å². The molecule has 0 bridgehead atoms. The van der Waals surface area contributed by atoms with Crippen LogP contribution in [0.4, 0.5) is 5.13 Å². The lowest BCUT2D eigenvalue weighted by atomic mass is 10.3. The molecule has 2 N–H and O–H groups in total. The second kappa shape index (κ2) is 6.93. The fourth-order valence-electron chi connectivity index (χ4n) is 1.90. The largest absolute Gasteiger partial charge is 0.351 e. The number of hydrogen-bond donors (Lipinski definition) is 2. The van der Waals surface area contributed by atoms with Crippen LogP contribution in [-0.4, -0.2) is 22.0 Å². The number of carbonyl (C=O) groups excluding carboxylic acids is 2. The van der Waals surface area contributed by atoms with E-state index in [1.807, 2.05) is 17.5 Å². The molecule has 0 unspecified atom stereocenters. The highest BCUT2D eigenvalue weighted by atomic mass is 32.1. The molecule has 0 aromatic carbocycles. The van der Waals surface area contributed by atoms with Gasteiger partial charge in [0.1, 0.15) is 0 Å². The summed E-state index contributed by atoms with van der Waals surface area (Å²) in [6, 6.07) is 5.46. The molecule has 3 aromatic heterocycles. The molecule has 0 radical (unpaired) electrons. The zero-order chi connectivity index (χ0) is 17.1. The van der Waals surface area contributed by atoms with Crippen LogP contribution in [0.2, 0.25) is 0 Å². The molecular weight excluding hydrogens is 348 g/mol. The lowest BCUT2D eigenvalue weighted by Crippen LogP contribution is -2.17. The van der Waals surface area contributed by atoms with Crippen LogP contribution in [0.1, 0.15) is 28.0 Å². The number of aromatic nitrogens is 2. The van der Waals surface area contributed by atoms with Crippen LogP contribution in [0.3, 0.4) is 0 Å². The molecule has 7 nitrogen and oxygen atoms in total. The first-order chi connectivity index (χ1) is 11.5. The van der Waals surface area contributed by atoms with Crippen molar-refractivity contribution in [3.05, 3.63) is 39.9 Å². The fourth-order valence-corrected chi connectivity index (χ4v) is 3.58. The second-order valence-corrected chi connectivity index (χ2v) is 7.03. The Hall–Kier alpha value is -2.52. The quantitative estimate of drug-likeness (QED) is 0.727. The van der Waals surface area contributed by atoms with E-state index in [9.17, 15) is 9.59 Å². The van der Waals surface area contributed by atoms with E-state index in [1.54, 1.807) is 24.3 Å². The summed E-state index contributed by atoms with van der Waals surface area (Å²) in [6.45, 7) is 3.73. The van der Waals surface area contributed by atoms with Crippen LogP contribution in [0.15, 0.2) is 28.1 Å². The fraction of sp³-hybridized carbons (Fsp3) is 0.200. The minimum atomic E-state index is -0.381. The van der Waals surface area contributed by atoms with Gasteiger partial charge in [-0.1, -0.05) is 5.16 Å². The van der Waals surface area contributed by atoms with Gasteiger partial charge in [-0.3, -0.25) is 14.9 Å². The third-order valence-electron chi connectivity index (χ3n) is 3.00. The van der Waals surface area contributed by atoms with Gasteiger partial charge in [-0.2, -0.15) is 0 Å². The zero-order valence-electron chi connectivity index (χ0n) is 13.0. The Balaban J connectivity index is 1.67. The Bertz CT molecular complexity index is 881. The summed E-state index contributed by atoms with van der Waals surface area (Å²) >= 11 is 2.88. The number of nitrogens with one attached hydrogen (secondary N) is 2. The van der Waals surface area contributed by atoms with E-state index in [0.717, 1.165) is 15.4 Å². The molecule has 0 atom stereocenters. The first-order valence-corrected chi connectivity index (χ1v) is 8.74. The SMILES string of the molecule is CC(=O)NCc1ccc(-c2csc(NC(=O)c3cc(C)no3)n2)s1. The number of nitrogens with zero attached hydrogens (tertiary/aromatic N) is 2. The molecule has 0 aliphatic carbocycles. The Labute approximate surface area is 145 Å². The monoisotopic (exact) mass is 362 g/mol. The third-order valence-corrected chi connectivity index (χ3v) is 4.87. The van der Waals surface area contributed by atoms with E-state index in [4.69, 9.17) is 4.52 Å². The van der Waals surface area contributed by atoms with Gasteiger partial charge in [0.2, 0.25) is 11.7 Å². The summed E-state index contributed by atoms with van der Waals surface area (Å²) < 4.78 is 4.92. The molecule has 24 heavy (non-hydrogen) atoms. The normalized spacial score (nSPS) is 10.6. The Morgan fingerprint density at radius 1 is 1.33 bits per heavy atom. The topological polar surface area (TPSA) is 97.1 Å². The molecule has 9 heteroatoms. The van der Waals surface area contributed by atoms with E-state index in [0.29, 0.717) is 17.4 Å².